The first-order valence-electron chi connectivity index (χ1n) is 9.55. The molecule has 3 heterocycles. The highest BCUT2D eigenvalue weighted by Crippen LogP contribution is 2.33. The number of aromatic nitrogens is 3. The molecule has 2 aromatic heterocycles. The lowest BCUT2D eigenvalue weighted by atomic mass is 10.1. The molecular weight excluding hydrogens is 372 g/mol. The molecule has 1 aromatic carbocycles. The number of pyridine rings is 1. The van der Waals surface area contributed by atoms with Gasteiger partial charge in [0, 0.05) is 44.5 Å². The van der Waals surface area contributed by atoms with Crippen molar-refractivity contribution in [1.29, 1.82) is 0 Å². The van der Waals surface area contributed by atoms with Gasteiger partial charge < -0.3 is 14.6 Å². The number of quaternary nitrogens is 1. The van der Waals surface area contributed by atoms with E-state index in [0.29, 0.717) is 23.9 Å². The van der Waals surface area contributed by atoms with E-state index in [-0.39, 0.29) is 6.04 Å². The Morgan fingerprint density at radius 2 is 2.03 bits per heavy atom. The van der Waals surface area contributed by atoms with Gasteiger partial charge in [0.1, 0.15) is 5.82 Å². The van der Waals surface area contributed by atoms with Gasteiger partial charge in [-0.2, -0.15) is 10.2 Å². The number of anilines is 1. The summed E-state index contributed by atoms with van der Waals surface area (Å²) in [4.78, 5) is 13.2. The zero-order chi connectivity index (χ0) is 20.4. The van der Waals surface area contributed by atoms with Crippen LogP contribution in [0.15, 0.2) is 47.1 Å². The number of benzene rings is 1. The molecule has 0 spiro atoms. The predicted octanol–water partition coefficient (Wildman–Crippen LogP) is 1.94. The highest BCUT2D eigenvalue weighted by Gasteiger charge is 2.31. The van der Waals surface area contributed by atoms with E-state index in [2.05, 4.69) is 20.0 Å². The van der Waals surface area contributed by atoms with Crippen LogP contribution in [-0.4, -0.2) is 45.9 Å². The summed E-state index contributed by atoms with van der Waals surface area (Å²) >= 11 is 0. The molecule has 1 fully saturated rings. The summed E-state index contributed by atoms with van der Waals surface area (Å²) in [6.07, 6.45) is 3.75. The number of hydrogen-bond acceptors (Lipinski definition) is 8. The Morgan fingerprint density at radius 3 is 2.69 bits per heavy atom. The zero-order valence-electron chi connectivity index (χ0n) is 16.4. The molecule has 2 atom stereocenters. The van der Waals surface area contributed by atoms with E-state index in [1.807, 2.05) is 43.3 Å². The fourth-order valence-corrected chi connectivity index (χ4v) is 3.55. The molecule has 1 aliphatic rings. The van der Waals surface area contributed by atoms with Gasteiger partial charge in [-0.25, -0.2) is 10.2 Å². The van der Waals surface area contributed by atoms with Gasteiger partial charge in [-0.15, -0.1) is 0 Å². The van der Waals surface area contributed by atoms with Gasteiger partial charge in [-0.1, -0.05) is 17.3 Å². The second-order valence-corrected chi connectivity index (χ2v) is 7.39. The second-order valence-electron chi connectivity index (χ2n) is 7.39. The van der Waals surface area contributed by atoms with Crippen LogP contribution in [0.4, 0.5) is 11.5 Å². The Labute approximate surface area is 168 Å². The molecule has 3 aromatic rings. The molecule has 9 heteroatoms. The summed E-state index contributed by atoms with van der Waals surface area (Å²) in [6, 6.07) is 10.9. The molecule has 0 aliphatic carbocycles. The molecule has 0 radical (unpaired) electrons. The largest absolute Gasteiger partial charge is 0.595 e. The van der Waals surface area contributed by atoms with Gasteiger partial charge in [-0.3, -0.25) is 4.90 Å². The topological polar surface area (TPSA) is 106 Å². The van der Waals surface area contributed by atoms with Crippen molar-refractivity contribution in [3.05, 3.63) is 59.3 Å². The van der Waals surface area contributed by atoms with Crippen molar-refractivity contribution >= 4 is 11.5 Å². The van der Waals surface area contributed by atoms with Crippen LogP contribution in [0.1, 0.15) is 30.3 Å². The van der Waals surface area contributed by atoms with Crippen molar-refractivity contribution in [3.63, 3.8) is 0 Å². The molecule has 2 N–H and O–H groups in total. The third-order valence-corrected chi connectivity index (χ3v) is 5.14. The van der Waals surface area contributed by atoms with Crippen LogP contribution >= 0.6 is 0 Å². The van der Waals surface area contributed by atoms with Gasteiger partial charge >= 0.3 is 0 Å². The fraction of sp³-hybridized carbons (Fsp3) is 0.350. The van der Waals surface area contributed by atoms with E-state index in [4.69, 9.17) is 9.73 Å². The lowest BCUT2D eigenvalue weighted by Crippen LogP contribution is -2.99. The van der Waals surface area contributed by atoms with Gasteiger partial charge in [0.05, 0.1) is 6.04 Å². The number of nitrogens with zero attached hydrogens (tertiary/aromatic N) is 5. The number of rotatable bonds is 6. The maximum Gasteiger partial charge on any atom is 0.244 e. The molecular formula is C20H24N6O3. The average Bonchev–Trinajstić information content (AvgIpc) is 3.38. The SMILES string of the molecule is CN(C)c1ccc(-c2noc(C3CCCN3Cc3ccc([NH+]([O-])O)cc3)n2)cn1. The smallest absolute Gasteiger partial charge is 0.244 e. The second kappa shape index (κ2) is 8.26. The zero-order valence-corrected chi connectivity index (χ0v) is 16.4. The number of nitrogens with one attached hydrogen (secondary N) is 1. The summed E-state index contributed by atoms with van der Waals surface area (Å²) in [7, 11) is 3.89. The Hall–Kier alpha value is -2.85. The Morgan fingerprint density at radius 1 is 1.24 bits per heavy atom. The van der Waals surface area contributed by atoms with E-state index in [1.54, 1.807) is 18.3 Å². The summed E-state index contributed by atoms with van der Waals surface area (Å²) in [5.41, 5.74) is 2.17. The Balaban J connectivity index is 1.47. The van der Waals surface area contributed by atoms with Crippen LogP contribution in [0.3, 0.4) is 0 Å². The number of hydrogen-bond donors (Lipinski definition) is 2. The van der Waals surface area contributed by atoms with Crippen molar-refractivity contribution < 1.29 is 15.0 Å². The van der Waals surface area contributed by atoms with Crippen LogP contribution in [0.2, 0.25) is 0 Å². The summed E-state index contributed by atoms with van der Waals surface area (Å²) in [6.45, 7) is 1.64. The number of likely N-dealkylation sites (tertiary alicyclic amines) is 1. The van der Waals surface area contributed by atoms with E-state index in [1.165, 1.54) is 0 Å². The highest BCUT2D eigenvalue weighted by molar-refractivity contribution is 5.55. The van der Waals surface area contributed by atoms with Crippen molar-refractivity contribution in [2.24, 2.45) is 0 Å². The Bertz CT molecular complexity index is 940. The minimum Gasteiger partial charge on any atom is -0.595 e. The quantitative estimate of drug-likeness (QED) is 0.609. The highest BCUT2D eigenvalue weighted by atomic mass is 16.8. The van der Waals surface area contributed by atoms with Crippen LogP contribution < -0.4 is 10.1 Å². The first kappa shape index (κ1) is 19.5. The lowest BCUT2D eigenvalue weighted by Gasteiger charge is -2.21. The molecule has 152 valence electrons. The van der Waals surface area contributed by atoms with Crippen LogP contribution in [0.5, 0.6) is 0 Å². The average molecular weight is 396 g/mol. The van der Waals surface area contributed by atoms with E-state index in [0.717, 1.165) is 36.3 Å². The molecule has 9 nitrogen and oxygen atoms in total. The van der Waals surface area contributed by atoms with E-state index in [9.17, 15) is 5.21 Å². The summed E-state index contributed by atoms with van der Waals surface area (Å²) in [5.74, 6) is 2.01. The van der Waals surface area contributed by atoms with Crippen LogP contribution in [-0.2, 0) is 6.54 Å². The predicted molar refractivity (Wildman–Crippen MR) is 106 cm³/mol. The fourth-order valence-electron chi connectivity index (χ4n) is 3.55. The molecule has 0 bridgehead atoms. The van der Waals surface area contributed by atoms with Gasteiger partial charge in [0.25, 0.3) is 0 Å². The molecule has 1 aliphatic heterocycles. The van der Waals surface area contributed by atoms with E-state index < -0.39 is 5.23 Å². The third-order valence-electron chi connectivity index (χ3n) is 5.14. The molecule has 4 rings (SSSR count). The molecule has 1 saturated heterocycles. The molecule has 0 saturated carbocycles. The summed E-state index contributed by atoms with van der Waals surface area (Å²) in [5, 5.41) is 23.3. The Kier molecular flexibility index (Phi) is 5.54. The maximum atomic E-state index is 11.0. The van der Waals surface area contributed by atoms with Gasteiger partial charge in [0.2, 0.25) is 11.7 Å². The van der Waals surface area contributed by atoms with E-state index >= 15 is 0 Å². The minimum atomic E-state index is -0.915. The summed E-state index contributed by atoms with van der Waals surface area (Å²) < 4.78 is 5.58. The minimum absolute atomic E-state index is 0.0596. The van der Waals surface area contributed by atoms with Crippen molar-refractivity contribution in [2.75, 3.05) is 25.5 Å². The van der Waals surface area contributed by atoms with Crippen LogP contribution in [0, 0.1) is 5.21 Å². The monoisotopic (exact) mass is 396 g/mol. The third kappa shape index (κ3) is 4.28. The van der Waals surface area contributed by atoms with Gasteiger partial charge in [-0.05, 0) is 37.1 Å². The lowest BCUT2D eigenvalue weighted by molar-refractivity contribution is -0.991. The van der Waals surface area contributed by atoms with Crippen molar-refractivity contribution in [3.8, 4) is 11.4 Å². The normalized spacial score (nSPS) is 18.1. The first-order chi connectivity index (χ1) is 14.0. The van der Waals surface area contributed by atoms with Gasteiger partial charge in [0.15, 0.2) is 5.69 Å². The van der Waals surface area contributed by atoms with Crippen molar-refractivity contribution in [2.45, 2.75) is 25.4 Å². The standard InChI is InChI=1S/C20H24N6O3/c1-24(2)18-10-7-15(12-21-18)19-22-20(29-23-19)17-4-3-11-25(17)13-14-5-8-16(9-6-14)26(27)28/h5-10,12,17,26-27H,3-4,11,13H2,1-2H3. The van der Waals surface area contributed by atoms with Crippen molar-refractivity contribution in [1.82, 2.24) is 20.0 Å². The first-order valence-corrected chi connectivity index (χ1v) is 9.55. The molecule has 2 unspecified atom stereocenters. The molecule has 0 amide bonds. The van der Waals surface area contributed by atoms with Crippen LogP contribution in [0.25, 0.3) is 11.4 Å². The maximum absolute atomic E-state index is 11.0. The molecule has 29 heavy (non-hydrogen) atoms.